The summed E-state index contributed by atoms with van der Waals surface area (Å²) < 4.78 is 9.84. The first-order chi connectivity index (χ1) is 13.6. The lowest BCUT2D eigenvalue weighted by Crippen LogP contribution is -2.30. The highest BCUT2D eigenvalue weighted by Gasteiger charge is 2.55. The Morgan fingerprint density at radius 2 is 1.57 bits per heavy atom. The topological polar surface area (TPSA) is 69.7 Å². The number of methoxy groups -OCH3 is 2. The van der Waals surface area contributed by atoms with E-state index in [0.717, 1.165) is 18.4 Å². The standard InChI is InChI=1S/C22H25O5S/c1-26-21(24)17-13-28(14-18(17)22(25)27-2)20(16-11-7-4-8-12-16)19(23)15-9-5-3-6-10-15/h4-5,7-12,17-18,20H,3,6,13-14H2,1-2H3/q+1. The van der Waals surface area contributed by atoms with Crippen LogP contribution in [0.25, 0.3) is 0 Å². The first-order valence-electron chi connectivity index (χ1n) is 9.34. The number of esters is 2. The maximum atomic E-state index is 13.4. The molecule has 2 aliphatic rings. The predicted molar refractivity (Wildman–Crippen MR) is 109 cm³/mol. The Morgan fingerprint density at radius 3 is 2.07 bits per heavy atom. The van der Waals surface area contributed by atoms with Crippen molar-refractivity contribution in [3.05, 3.63) is 59.7 Å². The molecule has 5 nitrogen and oxygen atoms in total. The molecular weight excluding hydrogens is 376 g/mol. The van der Waals surface area contributed by atoms with E-state index in [4.69, 9.17) is 9.47 Å². The molecule has 28 heavy (non-hydrogen) atoms. The van der Waals surface area contributed by atoms with E-state index in [1.165, 1.54) is 14.2 Å². The maximum absolute atomic E-state index is 13.4. The second kappa shape index (κ2) is 9.24. The summed E-state index contributed by atoms with van der Waals surface area (Å²) >= 11 is 0. The maximum Gasteiger partial charge on any atom is 0.314 e. The SMILES string of the molecule is COC(=O)C1C[S+](C(C(=O)C2=CCCC=C2)c2ccccc2)CC1C(=O)OC. The number of hydrogen-bond donors (Lipinski definition) is 0. The van der Waals surface area contributed by atoms with Gasteiger partial charge in [-0.05, 0) is 12.8 Å². The molecule has 0 amide bonds. The number of benzene rings is 1. The minimum Gasteiger partial charge on any atom is -0.469 e. The van der Waals surface area contributed by atoms with Gasteiger partial charge in [-0.25, -0.2) is 0 Å². The molecule has 3 unspecified atom stereocenters. The molecule has 0 bridgehead atoms. The van der Waals surface area contributed by atoms with E-state index in [0.29, 0.717) is 17.1 Å². The van der Waals surface area contributed by atoms with Gasteiger partial charge in [0.2, 0.25) is 11.0 Å². The Balaban J connectivity index is 1.95. The number of ether oxygens (including phenoxy) is 2. The first-order valence-corrected chi connectivity index (χ1v) is 11.0. The zero-order valence-corrected chi connectivity index (χ0v) is 16.9. The van der Waals surface area contributed by atoms with Gasteiger partial charge in [0.25, 0.3) is 0 Å². The molecule has 6 heteroatoms. The molecule has 1 heterocycles. The molecule has 0 radical (unpaired) electrons. The lowest BCUT2D eigenvalue weighted by atomic mass is 9.96. The van der Waals surface area contributed by atoms with Crippen molar-refractivity contribution in [1.82, 2.24) is 0 Å². The van der Waals surface area contributed by atoms with Gasteiger partial charge < -0.3 is 9.47 Å². The molecule has 0 saturated carbocycles. The summed E-state index contributed by atoms with van der Waals surface area (Å²) in [5.74, 6) is -1.02. The van der Waals surface area contributed by atoms with Crippen LogP contribution < -0.4 is 0 Å². The van der Waals surface area contributed by atoms with Crippen LogP contribution >= 0.6 is 0 Å². The number of carbonyl (C=O) groups excluding carboxylic acids is 3. The van der Waals surface area contributed by atoms with Crippen LogP contribution in [0.5, 0.6) is 0 Å². The van der Waals surface area contributed by atoms with E-state index in [-0.39, 0.29) is 11.0 Å². The van der Waals surface area contributed by atoms with Crippen LogP contribution in [0.15, 0.2) is 54.1 Å². The minimum absolute atomic E-state index is 0.0552. The van der Waals surface area contributed by atoms with Crippen LogP contribution in [0, 0.1) is 11.8 Å². The van der Waals surface area contributed by atoms with Crippen LogP contribution in [0.4, 0.5) is 0 Å². The fourth-order valence-corrected chi connectivity index (χ4v) is 6.95. The monoisotopic (exact) mass is 401 g/mol. The molecule has 1 saturated heterocycles. The Morgan fingerprint density at radius 1 is 0.964 bits per heavy atom. The fourth-order valence-electron chi connectivity index (χ4n) is 3.79. The third kappa shape index (κ3) is 4.22. The number of rotatable bonds is 6. The van der Waals surface area contributed by atoms with Crippen molar-refractivity contribution in [3.8, 4) is 0 Å². The highest BCUT2D eigenvalue weighted by Crippen LogP contribution is 2.39. The molecule has 0 aromatic heterocycles. The number of allylic oxidation sites excluding steroid dienone is 4. The zero-order valence-electron chi connectivity index (χ0n) is 16.1. The molecule has 3 atom stereocenters. The summed E-state index contributed by atoms with van der Waals surface area (Å²) in [6.07, 6.45) is 7.67. The smallest absolute Gasteiger partial charge is 0.314 e. The lowest BCUT2D eigenvalue weighted by molar-refractivity contribution is -0.155. The van der Waals surface area contributed by atoms with Gasteiger partial charge in [-0.3, -0.25) is 14.4 Å². The van der Waals surface area contributed by atoms with E-state index in [1.54, 1.807) is 0 Å². The van der Waals surface area contributed by atoms with Crippen LogP contribution in [0.2, 0.25) is 0 Å². The van der Waals surface area contributed by atoms with Crippen molar-refractivity contribution in [2.45, 2.75) is 18.1 Å². The third-order valence-corrected chi connectivity index (χ3v) is 7.96. The minimum atomic E-state index is -0.573. The fraction of sp³-hybridized carbons (Fsp3) is 0.409. The van der Waals surface area contributed by atoms with E-state index in [9.17, 15) is 14.4 Å². The van der Waals surface area contributed by atoms with Crippen LogP contribution in [0.1, 0.15) is 23.7 Å². The summed E-state index contributed by atoms with van der Waals surface area (Å²) in [5.41, 5.74) is 1.63. The molecule has 1 aliphatic carbocycles. The van der Waals surface area contributed by atoms with Crippen molar-refractivity contribution in [2.75, 3.05) is 25.7 Å². The van der Waals surface area contributed by atoms with Gasteiger partial charge in [0.1, 0.15) is 23.3 Å². The highest BCUT2D eigenvalue weighted by molar-refractivity contribution is 7.98. The molecule has 1 aliphatic heterocycles. The third-order valence-electron chi connectivity index (χ3n) is 5.23. The average Bonchev–Trinajstić information content (AvgIpc) is 3.19. The number of carbonyl (C=O) groups is 3. The second-order valence-electron chi connectivity index (χ2n) is 6.92. The van der Waals surface area contributed by atoms with E-state index in [2.05, 4.69) is 0 Å². The van der Waals surface area contributed by atoms with E-state index < -0.39 is 34.7 Å². The van der Waals surface area contributed by atoms with Crippen LogP contribution in [-0.4, -0.2) is 43.4 Å². The Bertz CT molecular complexity index is 774. The van der Waals surface area contributed by atoms with Gasteiger partial charge in [0.15, 0.2) is 0 Å². The Hall–Kier alpha value is -2.34. The van der Waals surface area contributed by atoms with Crippen molar-refractivity contribution >= 4 is 28.6 Å². The number of Topliss-reactive ketones (excluding diaryl/α,β-unsaturated/α-hetero) is 1. The van der Waals surface area contributed by atoms with Gasteiger partial charge in [-0.15, -0.1) is 0 Å². The van der Waals surface area contributed by atoms with Crippen LogP contribution in [-0.2, 0) is 34.8 Å². The summed E-state index contributed by atoms with van der Waals surface area (Å²) in [6, 6.07) is 9.63. The van der Waals surface area contributed by atoms with Gasteiger partial charge >= 0.3 is 11.9 Å². The van der Waals surface area contributed by atoms with Crippen molar-refractivity contribution in [2.24, 2.45) is 11.8 Å². The molecule has 1 fully saturated rings. The molecule has 1 aromatic rings. The van der Waals surface area contributed by atoms with Crippen molar-refractivity contribution in [3.63, 3.8) is 0 Å². The van der Waals surface area contributed by atoms with E-state index in [1.807, 2.05) is 48.6 Å². The van der Waals surface area contributed by atoms with Crippen molar-refractivity contribution in [1.29, 1.82) is 0 Å². The number of hydrogen-bond acceptors (Lipinski definition) is 5. The summed E-state index contributed by atoms with van der Waals surface area (Å²) in [6.45, 7) is 0. The Kier molecular flexibility index (Phi) is 6.73. The van der Waals surface area contributed by atoms with Gasteiger partial charge in [-0.2, -0.15) is 0 Å². The average molecular weight is 402 g/mol. The quantitative estimate of drug-likeness (QED) is 0.542. The molecule has 0 N–H and O–H groups in total. The molecular formula is C22H25O5S+. The first kappa shape index (κ1) is 20.4. The summed E-state index contributed by atoms with van der Waals surface area (Å²) in [7, 11) is 2.17. The van der Waals surface area contributed by atoms with Gasteiger partial charge in [0, 0.05) is 22.0 Å². The van der Waals surface area contributed by atoms with Crippen LogP contribution in [0.3, 0.4) is 0 Å². The lowest BCUT2D eigenvalue weighted by Gasteiger charge is -2.17. The molecule has 1 aromatic carbocycles. The normalized spacial score (nSPS) is 24.9. The Labute approximate surface area is 168 Å². The van der Waals surface area contributed by atoms with Gasteiger partial charge in [0.05, 0.1) is 14.2 Å². The largest absolute Gasteiger partial charge is 0.469 e. The zero-order chi connectivity index (χ0) is 20.1. The summed E-state index contributed by atoms with van der Waals surface area (Å²) in [5, 5.41) is -0.378. The summed E-state index contributed by atoms with van der Waals surface area (Å²) in [4.78, 5) is 38.0. The molecule has 148 valence electrons. The predicted octanol–water partition coefficient (Wildman–Crippen LogP) is 2.78. The number of ketones is 1. The highest BCUT2D eigenvalue weighted by atomic mass is 32.2. The van der Waals surface area contributed by atoms with Crippen molar-refractivity contribution < 1.29 is 23.9 Å². The molecule has 0 spiro atoms. The second-order valence-corrected chi connectivity index (χ2v) is 9.14. The van der Waals surface area contributed by atoms with E-state index >= 15 is 0 Å². The molecule has 3 rings (SSSR count). The van der Waals surface area contributed by atoms with Gasteiger partial charge in [-0.1, -0.05) is 48.6 Å².